The van der Waals surface area contributed by atoms with Crippen LogP contribution in [-0.2, 0) is 0 Å². The molecule has 0 fully saturated rings. The minimum atomic E-state index is -0.782. The Hall–Kier alpha value is -4.70. The predicted molar refractivity (Wildman–Crippen MR) is 100 cm³/mol. The molecule has 1 aromatic carbocycles. The number of hydrogen-bond donors (Lipinski definition) is 4. The van der Waals surface area contributed by atoms with E-state index in [9.17, 15) is 9.59 Å². The summed E-state index contributed by atoms with van der Waals surface area (Å²) in [6.45, 7) is 0. The number of nitrogens with zero attached hydrogens (tertiary/aromatic N) is 4. The van der Waals surface area contributed by atoms with Crippen molar-refractivity contribution in [3.05, 3.63) is 59.2 Å². The summed E-state index contributed by atoms with van der Waals surface area (Å²) < 4.78 is 2.81. The van der Waals surface area contributed by atoms with Gasteiger partial charge in [0.25, 0.3) is 11.8 Å². The van der Waals surface area contributed by atoms with Gasteiger partial charge in [0, 0.05) is 23.8 Å². The van der Waals surface area contributed by atoms with Gasteiger partial charge in [0.2, 0.25) is 0 Å². The first-order valence-electron chi connectivity index (χ1n) is 7.82. The second-order valence-corrected chi connectivity index (χ2v) is 5.82. The van der Waals surface area contributed by atoms with Crippen LogP contribution >= 0.6 is 0 Å². The van der Waals surface area contributed by atoms with Crippen LogP contribution in [0, 0.1) is 22.7 Å². The van der Waals surface area contributed by atoms with E-state index in [0.717, 1.165) is 0 Å². The molecule has 0 saturated heterocycles. The molecule has 2 amide bonds. The van der Waals surface area contributed by atoms with E-state index in [-0.39, 0.29) is 33.9 Å². The molecule has 3 rings (SSSR count). The Morgan fingerprint density at radius 2 is 1.07 bits per heavy atom. The summed E-state index contributed by atoms with van der Waals surface area (Å²) in [7, 11) is 0. The maximum Gasteiger partial charge on any atom is 0.267 e. The van der Waals surface area contributed by atoms with Crippen LogP contribution in [0.2, 0.25) is 0 Å². The zero-order chi connectivity index (χ0) is 20.6. The lowest BCUT2D eigenvalue weighted by atomic mass is 10.2. The van der Waals surface area contributed by atoms with E-state index < -0.39 is 11.8 Å². The maximum atomic E-state index is 11.7. The van der Waals surface area contributed by atoms with E-state index in [1.165, 1.54) is 21.5 Å². The largest absolute Gasteiger partial charge is 0.396 e. The van der Waals surface area contributed by atoms with Gasteiger partial charge in [0.05, 0.1) is 22.5 Å². The van der Waals surface area contributed by atoms with E-state index in [2.05, 4.69) is 0 Å². The number of amides is 2. The first kappa shape index (κ1) is 18.1. The second-order valence-electron chi connectivity index (χ2n) is 5.82. The fraction of sp³-hybridized carbons (Fsp3) is 0. The van der Waals surface area contributed by atoms with Gasteiger partial charge in [0.15, 0.2) is 0 Å². The number of rotatable bonds is 4. The number of benzene rings is 1. The smallest absolute Gasteiger partial charge is 0.267 e. The summed E-state index contributed by atoms with van der Waals surface area (Å²) in [4.78, 5) is 23.5. The maximum absolute atomic E-state index is 11.7. The van der Waals surface area contributed by atoms with Gasteiger partial charge in [-0.05, 0) is 24.3 Å². The SMILES string of the molecule is N#Cc1cn(-c2ccc(-n3cc(C#N)c(N)c3C(N)=O)cc2)c(C(N)=O)c1N. The number of aromatic nitrogens is 2. The van der Waals surface area contributed by atoms with Crippen LogP contribution in [0.15, 0.2) is 36.7 Å². The van der Waals surface area contributed by atoms with Crippen molar-refractivity contribution in [3.63, 3.8) is 0 Å². The highest BCUT2D eigenvalue weighted by molar-refractivity contribution is 5.99. The van der Waals surface area contributed by atoms with Crippen molar-refractivity contribution >= 4 is 23.2 Å². The average Bonchev–Trinajstić information content (AvgIpc) is 3.18. The average molecular weight is 374 g/mol. The number of carbonyl (C=O) groups excluding carboxylic acids is 2. The van der Waals surface area contributed by atoms with Crippen LogP contribution < -0.4 is 22.9 Å². The number of carbonyl (C=O) groups is 2. The van der Waals surface area contributed by atoms with Gasteiger partial charge in [-0.3, -0.25) is 9.59 Å². The van der Waals surface area contributed by atoms with Gasteiger partial charge >= 0.3 is 0 Å². The fourth-order valence-electron chi connectivity index (χ4n) is 2.90. The van der Waals surface area contributed by atoms with E-state index in [1.807, 2.05) is 12.1 Å². The molecule has 0 aliphatic rings. The van der Waals surface area contributed by atoms with Crippen LogP contribution in [-0.4, -0.2) is 20.9 Å². The summed E-state index contributed by atoms with van der Waals surface area (Å²) in [5.74, 6) is -1.56. The molecular weight excluding hydrogens is 360 g/mol. The Bertz CT molecular complexity index is 1110. The molecule has 138 valence electrons. The molecule has 0 bridgehead atoms. The monoisotopic (exact) mass is 374 g/mol. The quantitative estimate of drug-likeness (QED) is 0.509. The molecule has 0 saturated carbocycles. The van der Waals surface area contributed by atoms with E-state index >= 15 is 0 Å². The molecule has 8 N–H and O–H groups in total. The zero-order valence-corrected chi connectivity index (χ0v) is 14.4. The fourth-order valence-corrected chi connectivity index (χ4v) is 2.90. The molecule has 0 atom stereocenters. The molecule has 0 radical (unpaired) electrons. The van der Waals surface area contributed by atoms with Gasteiger partial charge in [-0.2, -0.15) is 10.5 Å². The Morgan fingerprint density at radius 1 is 0.750 bits per heavy atom. The van der Waals surface area contributed by atoms with Crippen LogP contribution in [0.1, 0.15) is 32.1 Å². The Kier molecular flexibility index (Phi) is 4.23. The third-order valence-electron chi connectivity index (χ3n) is 4.20. The van der Waals surface area contributed by atoms with E-state index in [0.29, 0.717) is 11.4 Å². The minimum absolute atomic E-state index is 0.00747. The van der Waals surface area contributed by atoms with Crippen molar-refractivity contribution in [2.45, 2.75) is 0 Å². The van der Waals surface area contributed by atoms with E-state index in [1.54, 1.807) is 24.3 Å². The number of primary amides is 2. The lowest BCUT2D eigenvalue weighted by Crippen LogP contribution is -2.18. The van der Waals surface area contributed by atoms with Crippen molar-refractivity contribution in [2.24, 2.45) is 11.5 Å². The summed E-state index contributed by atoms with van der Waals surface area (Å²) in [6, 6.07) is 10.3. The lowest BCUT2D eigenvalue weighted by molar-refractivity contribution is 0.0986. The summed E-state index contributed by atoms with van der Waals surface area (Å²) in [5, 5.41) is 18.3. The molecule has 0 aliphatic carbocycles. The van der Waals surface area contributed by atoms with Gasteiger partial charge in [-0.1, -0.05) is 0 Å². The molecule has 0 aliphatic heterocycles. The topological polar surface area (TPSA) is 196 Å². The molecule has 10 nitrogen and oxygen atoms in total. The first-order valence-corrected chi connectivity index (χ1v) is 7.82. The third kappa shape index (κ3) is 2.67. The van der Waals surface area contributed by atoms with Crippen molar-refractivity contribution < 1.29 is 9.59 Å². The van der Waals surface area contributed by atoms with Crippen LogP contribution in [0.25, 0.3) is 11.4 Å². The third-order valence-corrected chi connectivity index (χ3v) is 4.20. The molecule has 2 heterocycles. The Balaban J connectivity index is 2.13. The summed E-state index contributed by atoms with van der Waals surface area (Å²) in [5.41, 5.74) is 23.6. The number of anilines is 2. The Labute approximate surface area is 158 Å². The Morgan fingerprint density at radius 3 is 1.32 bits per heavy atom. The van der Waals surface area contributed by atoms with Crippen molar-refractivity contribution in [3.8, 4) is 23.5 Å². The number of nitriles is 2. The number of nitrogens with two attached hydrogens (primary N) is 4. The highest BCUT2D eigenvalue weighted by atomic mass is 16.1. The highest BCUT2D eigenvalue weighted by Gasteiger charge is 2.20. The number of nitrogen functional groups attached to an aromatic ring is 2. The van der Waals surface area contributed by atoms with Gasteiger partial charge in [0.1, 0.15) is 23.5 Å². The second kappa shape index (κ2) is 6.55. The van der Waals surface area contributed by atoms with Crippen molar-refractivity contribution in [2.75, 3.05) is 11.5 Å². The van der Waals surface area contributed by atoms with Crippen LogP contribution in [0.3, 0.4) is 0 Å². The van der Waals surface area contributed by atoms with Crippen molar-refractivity contribution in [1.82, 2.24) is 9.13 Å². The highest BCUT2D eigenvalue weighted by Crippen LogP contribution is 2.26. The molecule has 28 heavy (non-hydrogen) atoms. The van der Waals surface area contributed by atoms with Gasteiger partial charge < -0.3 is 32.1 Å². The van der Waals surface area contributed by atoms with Crippen LogP contribution in [0.4, 0.5) is 11.4 Å². The molecule has 0 spiro atoms. The summed E-state index contributed by atoms with van der Waals surface area (Å²) >= 11 is 0. The minimum Gasteiger partial charge on any atom is -0.396 e. The predicted octanol–water partition coefficient (Wildman–Crippen LogP) is 0.374. The standard InChI is InChI=1S/C18H14N8O2/c19-5-9-7-25(15(13(9)21)17(23)27)11-1-2-12(4-3-11)26-8-10(6-20)14(22)16(26)18(24)28/h1-4,7-8H,21-22H2,(H2,23,27)(H2,24,28). The number of hydrogen-bond acceptors (Lipinski definition) is 6. The molecule has 3 aromatic rings. The van der Waals surface area contributed by atoms with Crippen molar-refractivity contribution in [1.29, 1.82) is 10.5 Å². The molecule has 10 heteroatoms. The molecular formula is C18H14N8O2. The normalized spacial score (nSPS) is 10.2. The van der Waals surface area contributed by atoms with Gasteiger partial charge in [-0.25, -0.2) is 0 Å². The molecule has 0 unspecified atom stereocenters. The summed E-state index contributed by atoms with van der Waals surface area (Å²) in [6.07, 6.45) is 2.81. The van der Waals surface area contributed by atoms with Crippen LogP contribution in [0.5, 0.6) is 0 Å². The lowest BCUT2D eigenvalue weighted by Gasteiger charge is -2.11. The van der Waals surface area contributed by atoms with E-state index in [4.69, 9.17) is 33.5 Å². The van der Waals surface area contributed by atoms with Gasteiger partial charge in [-0.15, -0.1) is 0 Å². The zero-order valence-electron chi connectivity index (χ0n) is 14.4. The first-order chi connectivity index (χ1) is 13.3. The molecule has 2 aromatic heterocycles.